The van der Waals surface area contributed by atoms with Gasteiger partial charge in [-0.25, -0.2) is 0 Å². The summed E-state index contributed by atoms with van der Waals surface area (Å²) < 4.78 is 0. The molecule has 0 bridgehead atoms. The highest BCUT2D eigenvalue weighted by molar-refractivity contribution is 7.98. The van der Waals surface area contributed by atoms with Gasteiger partial charge in [0.05, 0.1) is 12.1 Å². The summed E-state index contributed by atoms with van der Waals surface area (Å²) in [5.41, 5.74) is 3.78. The molecule has 3 nitrogen and oxygen atoms in total. The van der Waals surface area contributed by atoms with Gasteiger partial charge in [-0.15, -0.1) is 0 Å². The van der Waals surface area contributed by atoms with Crippen molar-refractivity contribution in [1.82, 2.24) is 5.32 Å². The van der Waals surface area contributed by atoms with Crippen molar-refractivity contribution in [1.29, 1.82) is 0 Å². The van der Waals surface area contributed by atoms with E-state index in [2.05, 4.69) is 12.2 Å². The number of amides is 1. The fraction of sp³-hybridized carbons (Fsp3) is 0.316. The maximum Gasteiger partial charge on any atom is 0.251 e. The van der Waals surface area contributed by atoms with Crippen LogP contribution in [-0.4, -0.2) is 22.8 Å². The Labute approximate surface area is 141 Å². The van der Waals surface area contributed by atoms with E-state index in [0.29, 0.717) is 12.0 Å². The van der Waals surface area contributed by atoms with Gasteiger partial charge in [-0.2, -0.15) is 11.8 Å². The second-order valence-electron chi connectivity index (χ2n) is 5.72. The Morgan fingerprint density at radius 2 is 1.96 bits per heavy atom. The molecule has 0 aromatic heterocycles. The Morgan fingerprint density at radius 3 is 2.74 bits per heavy atom. The third-order valence-corrected chi connectivity index (χ3v) is 5.16. The van der Waals surface area contributed by atoms with E-state index in [9.17, 15) is 9.90 Å². The van der Waals surface area contributed by atoms with Gasteiger partial charge in [-0.1, -0.05) is 49.4 Å². The lowest BCUT2D eigenvalue weighted by atomic mass is 10.1. The maximum absolute atomic E-state index is 12.6. The summed E-state index contributed by atoms with van der Waals surface area (Å²) >= 11 is 1.80. The molecule has 0 spiro atoms. The van der Waals surface area contributed by atoms with Crippen LogP contribution >= 0.6 is 11.8 Å². The van der Waals surface area contributed by atoms with Gasteiger partial charge in [0.2, 0.25) is 0 Å². The van der Waals surface area contributed by atoms with Crippen LogP contribution < -0.4 is 5.32 Å². The summed E-state index contributed by atoms with van der Waals surface area (Å²) in [6.45, 7) is 2.11. The molecule has 2 aromatic rings. The number of hydrogen-bond donors (Lipinski definition) is 2. The van der Waals surface area contributed by atoms with Gasteiger partial charge in [0, 0.05) is 11.3 Å². The van der Waals surface area contributed by atoms with Crippen LogP contribution in [0.15, 0.2) is 48.5 Å². The number of fused-ring (bicyclic) bond motifs is 1. The Bertz CT molecular complexity index is 701. The first-order valence-corrected chi connectivity index (χ1v) is 9.08. The predicted molar refractivity (Wildman–Crippen MR) is 94.6 cm³/mol. The van der Waals surface area contributed by atoms with Crippen molar-refractivity contribution in [2.45, 2.75) is 31.2 Å². The molecule has 1 aliphatic carbocycles. The monoisotopic (exact) mass is 327 g/mol. The van der Waals surface area contributed by atoms with Gasteiger partial charge in [0.15, 0.2) is 0 Å². The van der Waals surface area contributed by atoms with Gasteiger partial charge >= 0.3 is 0 Å². The number of benzene rings is 2. The SMILES string of the molecule is CCSCc1ccccc1C(=O)NC1Cc2ccccc2C1O. The van der Waals surface area contributed by atoms with Crippen LogP contribution in [0.25, 0.3) is 0 Å². The number of nitrogens with one attached hydrogen (secondary N) is 1. The van der Waals surface area contributed by atoms with Crippen molar-refractivity contribution < 1.29 is 9.90 Å². The lowest BCUT2D eigenvalue weighted by molar-refractivity contribution is 0.0858. The van der Waals surface area contributed by atoms with Gasteiger partial charge in [-0.05, 0) is 34.9 Å². The topological polar surface area (TPSA) is 49.3 Å². The highest BCUT2D eigenvalue weighted by Crippen LogP contribution is 2.31. The summed E-state index contributed by atoms with van der Waals surface area (Å²) in [7, 11) is 0. The maximum atomic E-state index is 12.6. The highest BCUT2D eigenvalue weighted by Gasteiger charge is 2.32. The third-order valence-electron chi connectivity index (χ3n) is 4.23. The van der Waals surface area contributed by atoms with E-state index >= 15 is 0 Å². The van der Waals surface area contributed by atoms with Crippen molar-refractivity contribution in [2.75, 3.05) is 5.75 Å². The van der Waals surface area contributed by atoms with Crippen LogP contribution in [0.3, 0.4) is 0 Å². The Morgan fingerprint density at radius 1 is 1.22 bits per heavy atom. The van der Waals surface area contributed by atoms with Crippen LogP contribution in [-0.2, 0) is 12.2 Å². The lowest BCUT2D eigenvalue weighted by Crippen LogP contribution is -2.38. The highest BCUT2D eigenvalue weighted by atomic mass is 32.2. The van der Waals surface area contributed by atoms with Gasteiger partial charge in [0.25, 0.3) is 5.91 Å². The number of rotatable bonds is 5. The van der Waals surface area contributed by atoms with Gasteiger partial charge < -0.3 is 10.4 Å². The molecule has 120 valence electrons. The van der Waals surface area contributed by atoms with Crippen molar-refractivity contribution in [3.8, 4) is 0 Å². The number of aliphatic hydroxyl groups is 1. The van der Waals surface area contributed by atoms with E-state index in [1.165, 1.54) is 0 Å². The number of hydrogen-bond acceptors (Lipinski definition) is 3. The standard InChI is InChI=1S/C19H21NO2S/c1-2-23-12-14-8-4-6-10-16(14)19(22)20-17-11-13-7-3-5-9-15(13)18(17)21/h3-10,17-18,21H,2,11-12H2,1H3,(H,20,22). The number of thioether (sulfide) groups is 1. The van der Waals surface area contributed by atoms with E-state index in [4.69, 9.17) is 0 Å². The molecule has 0 fully saturated rings. The summed E-state index contributed by atoms with van der Waals surface area (Å²) in [4.78, 5) is 12.6. The largest absolute Gasteiger partial charge is 0.386 e. The third kappa shape index (κ3) is 3.43. The van der Waals surface area contributed by atoms with Crippen molar-refractivity contribution >= 4 is 17.7 Å². The fourth-order valence-corrected chi connectivity index (χ4v) is 3.71. The molecule has 2 N–H and O–H groups in total. The van der Waals surface area contributed by atoms with Crippen LogP contribution in [0.4, 0.5) is 0 Å². The van der Waals surface area contributed by atoms with Crippen LogP contribution in [0.1, 0.15) is 40.1 Å². The van der Waals surface area contributed by atoms with Crippen LogP contribution in [0, 0.1) is 0 Å². The zero-order chi connectivity index (χ0) is 16.2. The molecule has 1 aliphatic rings. The molecule has 3 rings (SSSR count). The minimum atomic E-state index is -0.632. The first-order chi connectivity index (χ1) is 11.2. The first-order valence-electron chi connectivity index (χ1n) is 7.93. The number of aliphatic hydroxyl groups excluding tert-OH is 1. The molecule has 2 atom stereocenters. The summed E-state index contributed by atoms with van der Waals surface area (Å²) in [6.07, 6.45) is 0.0434. The minimum absolute atomic E-state index is 0.103. The summed E-state index contributed by atoms with van der Waals surface area (Å²) in [6, 6.07) is 15.3. The molecule has 2 unspecified atom stereocenters. The van der Waals surface area contributed by atoms with Crippen LogP contribution in [0.5, 0.6) is 0 Å². The molecular formula is C19H21NO2S. The van der Waals surface area contributed by atoms with Gasteiger partial charge in [0.1, 0.15) is 0 Å². The van der Waals surface area contributed by atoms with Crippen molar-refractivity contribution in [2.24, 2.45) is 0 Å². The lowest BCUT2D eigenvalue weighted by Gasteiger charge is -2.18. The van der Waals surface area contributed by atoms with E-state index in [1.807, 2.05) is 48.5 Å². The summed E-state index contributed by atoms with van der Waals surface area (Å²) in [5.74, 6) is 1.74. The number of carbonyl (C=O) groups excluding carboxylic acids is 1. The van der Waals surface area contributed by atoms with E-state index in [-0.39, 0.29) is 11.9 Å². The molecule has 4 heteroatoms. The Balaban J connectivity index is 1.74. The molecule has 0 heterocycles. The van der Waals surface area contributed by atoms with Crippen molar-refractivity contribution in [3.63, 3.8) is 0 Å². The molecular weight excluding hydrogens is 306 g/mol. The Kier molecular flexibility index (Phi) is 5.03. The van der Waals surface area contributed by atoms with E-state index < -0.39 is 6.10 Å². The van der Waals surface area contributed by atoms with Crippen LogP contribution in [0.2, 0.25) is 0 Å². The quantitative estimate of drug-likeness (QED) is 0.885. The average molecular weight is 327 g/mol. The van der Waals surface area contributed by atoms with E-state index in [0.717, 1.165) is 28.2 Å². The average Bonchev–Trinajstić information content (AvgIpc) is 2.89. The van der Waals surface area contributed by atoms with Gasteiger partial charge in [-0.3, -0.25) is 4.79 Å². The summed E-state index contributed by atoms with van der Waals surface area (Å²) in [5, 5.41) is 13.4. The molecule has 2 aromatic carbocycles. The zero-order valence-corrected chi connectivity index (χ0v) is 14.0. The smallest absolute Gasteiger partial charge is 0.251 e. The fourth-order valence-electron chi connectivity index (χ4n) is 3.03. The zero-order valence-electron chi connectivity index (χ0n) is 13.2. The minimum Gasteiger partial charge on any atom is -0.386 e. The second-order valence-corrected chi connectivity index (χ2v) is 7.00. The molecule has 0 radical (unpaired) electrons. The first kappa shape index (κ1) is 16.1. The normalized spacial score (nSPS) is 19.4. The second kappa shape index (κ2) is 7.20. The molecule has 0 saturated carbocycles. The Hall–Kier alpha value is -1.78. The van der Waals surface area contributed by atoms with Crippen molar-refractivity contribution in [3.05, 3.63) is 70.8 Å². The van der Waals surface area contributed by atoms with E-state index in [1.54, 1.807) is 11.8 Å². The molecule has 0 aliphatic heterocycles. The number of carbonyl (C=O) groups is 1. The molecule has 23 heavy (non-hydrogen) atoms. The molecule has 0 saturated heterocycles. The molecule has 1 amide bonds. The predicted octanol–water partition coefficient (Wildman–Crippen LogP) is 3.33.